The number of amides is 1. The van der Waals surface area contributed by atoms with Crippen molar-refractivity contribution in [3.8, 4) is 0 Å². The van der Waals surface area contributed by atoms with Crippen LogP contribution in [0.4, 0.5) is 0 Å². The Morgan fingerprint density at radius 2 is 2.10 bits per heavy atom. The zero-order valence-electron chi connectivity index (χ0n) is 13.1. The Balaban J connectivity index is 2.03. The third-order valence-corrected chi connectivity index (χ3v) is 4.86. The van der Waals surface area contributed by atoms with Gasteiger partial charge in [0.15, 0.2) is 0 Å². The first kappa shape index (κ1) is 14.6. The van der Waals surface area contributed by atoms with E-state index in [4.69, 9.17) is 9.84 Å². The third kappa shape index (κ3) is 2.59. The molecule has 116 valence electrons. The molecule has 2 aliphatic heterocycles. The van der Waals surface area contributed by atoms with Crippen LogP contribution >= 0.6 is 0 Å². The molecule has 0 unspecified atom stereocenters. The summed E-state index contributed by atoms with van der Waals surface area (Å²) in [6.45, 7) is 7.32. The summed E-state index contributed by atoms with van der Waals surface area (Å²) in [7, 11) is 0. The molecule has 1 spiro atoms. The lowest BCUT2D eigenvalue weighted by Crippen LogP contribution is -2.40. The maximum absolute atomic E-state index is 12.5. The predicted molar refractivity (Wildman–Crippen MR) is 80.4 cm³/mol. The van der Waals surface area contributed by atoms with Crippen molar-refractivity contribution >= 4 is 5.91 Å². The molecule has 0 saturated carbocycles. The molecule has 2 aliphatic rings. The summed E-state index contributed by atoms with van der Waals surface area (Å²) in [5.41, 5.74) is 3.26. The number of hydrogen-bond donors (Lipinski definition) is 1. The normalized spacial score (nSPS) is 21.0. The number of hydrogen-bond acceptors (Lipinski definition) is 3. The quantitative estimate of drug-likeness (QED) is 0.926. The number of nitrogens with zero attached hydrogens (tertiary/aromatic N) is 2. The molecular formula is C16H25N3O2. The van der Waals surface area contributed by atoms with Gasteiger partial charge in [-0.05, 0) is 38.0 Å². The summed E-state index contributed by atoms with van der Waals surface area (Å²) in [4.78, 5) is 12.5. The Morgan fingerprint density at radius 3 is 2.76 bits per heavy atom. The molecule has 0 aromatic carbocycles. The molecule has 3 heterocycles. The van der Waals surface area contributed by atoms with Gasteiger partial charge in [0.25, 0.3) is 5.91 Å². The van der Waals surface area contributed by atoms with Crippen LogP contribution in [0.25, 0.3) is 0 Å². The van der Waals surface area contributed by atoms with Gasteiger partial charge in [0.2, 0.25) is 0 Å². The molecule has 21 heavy (non-hydrogen) atoms. The highest BCUT2D eigenvalue weighted by Crippen LogP contribution is 2.37. The van der Waals surface area contributed by atoms with Crippen LogP contribution in [0.3, 0.4) is 0 Å². The zero-order chi connectivity index (χ0) is 14.9. The van der Waals surface area contributed by atoms with E-state index < -0.39 is 0 Å². The highest BCUT2D eigenvalue weighted by molar-refractivity contribution is 5.94. The lowest BCUT2D eigenvalue weighted by atomic mass is 9.75. The minimum absolute atomic E-state index is 0.0464. The van der Waals surface area contributed by atoms with Crippen molar-refractivity contribution in [1.29, 1.82) is 0 Å². The summed E-state index contributed by atoms with van der Waals surface area (Å²) in [5, 5.41) is 7.83. The monoisotopic (exact) mass is 291 g/mol. The lowest BCUT2D eigenvalue weighted by molar-refractivity contribution is 0.0160. The molecule has 1 N–H and O–H groups in total. The largest absolute Gasteiger partial charge is 0.381 e. The van der Waals surface area contributed by atoms with Crippen molar-refractivity contribution in [3.63, 3.8) is 0 Å². The van der Waals surface area contributed by atoms with Crippen LogP contribution in [-0.2, 0) is 24.1 Å². The molecule has 5 heteroatoms. The van der Waals surface area contributed by atoms with Gasteiger partial charge in [-0.3, -0.25) is 9.48 Å². The van der Waals surface area contributed by atoms with E-state index in [-0.39, 0.29) is 11.3 Å². The average molecular weight is 291 g/mol. The van der Waals surface area contributed by atoms with Crippen LogP contribution in [-0.4, -0.2) is 35.4 Å². The number of aromatic nitrogens is 2. The number of carbonyl (C=O) groups excluding carboxylic acids is 1. The zero-order valence-corrected chi connectivity index (χ0v) is 13.1. The summed E-state index contributed by atoms with van der Waals surface area (Å²) in [6, 6.07) is 0. The standard InChI is InChI=1S/C16H25N3O2/c1-3-5-13-12-10-16(6-8-21-9-7-16)11-17-15(20)14(12)19(4-2)18-13/h3-11H2,1-2H3,(H,17,20). The van der Waals surface area contributed by atoms with Gasteiger partial charge in [0, 0.05) is 31.9 Å². The van der Waals surface area contributed by atoms with Gasteiger partial charge in [-0.25, -0.2) is 0 Å². The number of aryl methyl sites for hydroxylation is 2. The van der Waals surface area contributed by atoms with E-state index >= 15 is 0 Å². The molecule has 1 saturated heterocycles. The lowest BCUT2D eigenvalue weighted by Gasteiger charge is -2.36. The summed E-state index contributed by atoms with van der Waals surface area (Å²) >= 11 is 0. The first-order valence-corrected chi connectivity index (χ1v) is 8.13. The second-order valence-corrected chi connectivity index (χ2v) is 6.31. The highest BCUT2D eigenvalue weighted by Gasteiger charge is 2.39. The van der Waals surface area contributed by atoms with Crippen molar-refractivity contribution in [2.24, 2.45) is 5.41 Å². The molecule has 0 aliphatic carbocycles. The van der Waals surface area contributed by atoms with E-state index in [9.17, 15) is 4.79 Å². The fourth-order valence-corrected chi connectivity index (χ4v) is 3.60. The highest BCUT2D eigenvalue weighted by atomic mass is 16.5. The van der Waals surface area contributed by atoms with Crippen LogP contribution in [0.5, 0.6) is 0 Å². The van der Waals surface area contributed by atoms with Gasteiger partial charge >= 0.3 is 0 Å². The van der Waals surface area contributed by atoms with Gasteiger partial charge in [-0.1, -0.05) is 13.3 Å². The molecule has 1 aromatic rings. The predicted octanol–water partition coefficient (Wildman–Crippen LogP) is 1.94. The molecular weight excluding hydrogens is 266 g/mol. The number of ether oxygens (including phenoxy) is 1. The first-order chi connectivity index (χ1) is 10.2. The van der Waals surface area contributed by atoms with Crippen LogP contribution in [0.2, 0.25) is 0 Å². The summed E-state index contributed by atoms with van der Waals surface area (Å²) in [6.07, 6.45) is 5.02. The number of carbonyl (C=O) groups is 1. The molecule has 0 bridgehead atoms. The Labute approximate surface area is 126 Å². The van der Waals surface area contributed by atoms with Gasteiger partial charge < -0.3 is 10.1 Å². The van der Waals surface area contributed by atoms with Crippen molar-refractivity contribution in [2.75, 3.05) is 19.8 Å². The Bertz CT molecular complexity index is 530. The smallest absolute Gasteiger partial charge is 0.269 e. The Kier molecular flexibility index (Phi) is 4.02. The Morgan fingerprint density at radius 1 is 1.33 bits per heavy atom. The number of fused-ring (bicyclic) bond motifs is 1. The van der Waals surface area contributed by atoms with E-state index in [0.29, 0.717) is 0 Å². The van der Waals surface area contributed by atoms with Gasteiger partial charge in [-0.2, -0.15) is 5.10 Å². The topological polar surface area (TPSA) is 56.1 Å². The molecule has 1 fully saturated rings. The minimum atomic E-state index is 0.0464. The van der Waals surface area contributed by atoms with E-state index in [1.54, 1.807) is 0 Å². The van der Waals surface area contributed by atoms with Crippen molar-refractivity contribution in [3.05, 3.63) is 17.0 Å². The fraction of sp³-hybridized carbons (Fsp3) is 0.750. The second kappa shape index (κ2) is 5.79. The summed E-state index contributed by atoms with van der Waals surface area (Å²) < 4.78 is 7.41. The van der Waals surface area contributed by atoms with Crippen LogP contribution < -0.4 is 5.32 Å². The minimum Gasteiger partial charge on any atom is -0.381 e. The van der Waals surface area contributed by atoms with Crippen LogP contribution in [0.15, 0.2) is 0 Å². The maximum atomic E-state index is 12.5. The fourth-order valence-electron chi connectivity index (χ4n) is 3.60. The van der Waals surface area contributed by atoms with Gasteiger partial charge in [0.05, 0.1) is 5.69 Å². The number of rotatable bonds is 3. The van der Waals surface area contributed by atoms with Gasteiger partial charge in [-0.15, -0.1) is 0 Å². The molecule has 3 rings (SSSR count). The molecule has 0 atom stereocenters. The van der Waals surface area contributed by atoms with E-state index in [0.717, 1.165) is 69.8 Å². The molecule has 1 amide bonds. The molecule has 0 radical (unpaired) electrons. The van der Waals surface area contributed by atoms with E-state index in [2.05, 4.69) is 12.2 Å². The van der Waals surface area contributed by atoms with Gasteiger partial charge in [0.1, 0.15) is 5.69 Å². The third-order valence-electron chi connectivity index (χ3n) is 4.86. The van der Waals surface area contributed by atoms with E-state index in [1.165, 1.54) is 5.56 Å². The first-order valence-electron chi connectivity index (χ1n) is 8.13. The summed E-state index contributed by atoms with van der Waals surface area (Å²) in [5.74, 6) is 0.0464. The number of nitrogens with one attached hydrogen (secondary N) is 1. The SMILES string of the molecule is CCCc1nn(CC)c2c1CC1(CCOCC1)CNC2=O. The maximum Gasteiger partial charge on any atom is 0.269 e. The molecule has 1 aromatic heterocycles. The van der Waals surface area contributed by atoms with Crippen molar-refractivity contribution in [1.82, 2.24) is 15.1 Å². The second-order valence-electron chi connectivity index (χ2n) is 6.31. The average Bonchev–Trinajstić information content (AvgIpc) is 2.77. The van der Waals surface area contributed by atoms with Crippen molar-refractivity contribution < 1.29 is 9.53 Å². The van der Waals surface area contributed by atoms with Crippen LogP contribution in [0, 0.1) is 5.41 Å². The Hall–Kier alpha value is -1.36. The molecule has 5 nitrogen and oxygen atoms in total. The van der Waals surface area contributed by atoms with E-state index in [1.807, 2.05) is 11.6 Å². The van der Waals surface area contributed by atoms with Crippen molar-refractivity contribution in [2.45, 2.75) is 52.5 Å². The van der Waals surface area contributed by atoms with Crippen LogP contribution in [0.1, 0.15) is 54.9 Å².